The van der Waals surface area contributed by atoms with Gasteiger partial charge in [-0.15, -0.1) is 0 Å². The van der Waals surface area contributed by atoms with Gasteiger partial charge in [-0.2, -0.15) is 0 Å². The quantitative estimate of drug-likeness (QED) is 0.330. The lowest BCUT2D eigenvalue weighted by atomic mass is 10.0. The van der Waals surface area contributed by atoms with Crippen LogP contribution in [0.1, 0.15) is 37.8 Å². The number of benzene rings is 1. The normalized spacial score (nSPS) is 13.1. The van der Waals surface area contributed by atoms with Crippen LogP contribution in [0.4, 0.5) is 5.69 Å². The molecule has 0 saturated carbocycles. The summed E-state index contributed by atoms with van der Waals surface area (Å²) in [4.78, 5) is 11.9. The largest absolute Gasteiger partial charge is 0.409 e. The van der Waals surface area contributed by atoms with Gasteiger partial charge in [-0.1, -0.05) is 37.6 Å². The summed E-state index contributed by atoms with van der Waals surface area (Å²) in [5, 5.41) is 14.6. The molecule has 5 nitrogen and oxygen atoms in total. The van der Waals surface area contributed by atoms with Crippen molar-refractivity contribution in [1.82, 2.24) is 0 Å². The van der Waals surface area contributed by atoms with E-state index >= 15 is 0 Å². The molecular weight excluding hydrogens is 242 g/mol. The van der Waals surface area contributed by atoms with Crippen LogP contribution in [0.2, 0.25) is 0 Å². The maximum Gasteiger partial charge on any atom is 0.224 e. The van der Waals surface area contributed by atoms with Crippen LogP contribution in [-0.4, -0.2) is 17.0 Å². The molecule has 0 radical (unpaired) electrons. The molecule has 1 amide bonds. The number of carbonyl (C=O) groups is 1. The molecule has 0 aliphatic carbocycles. The van der Waals surface area contributed by atoms with Crippen LogP contribution in [0, 0.1) is 12.8 Å². The molecule has 1 atom stereocenters. The Balaban J connectivity index is 2.95. The summed E-state index contributed by atoms with van der Waals surface area (Å²) in [6.45, 7) is 5.92. The highest BCUT2D eigenvalue weighted by molar-refractivity contribution is 6.06. The van der Waals surface area contributed by atoms with E-state index in [9.17, 15) is 4.79 Å². The van der Waals surface area contributed by atoms with Gasteiger partial charge in [-0.25, -0.2) is 0 Å². The zero-order valence-electron chi connectivity index (χ0n) is 11.6. The highest BCUT2D eigenvalue weighted by Gasteiger charge is 2.13. The number of aryl methyl sites for hydroxylation is 1. The molecule has 104 valence electrons. The van der Waals surface area contributed by atoms with Crippen molar-refractivity contribution in [1.29, 1.82) is 0 Å². The highest BCUT2D eigenvalue weighted by Crippen LogP contribution is 2.20. The number of amides is 1. The van der Waals surface area contributed by atoms with Gasteiger partial charge < -0.3 is 16.3 Å². The number of oxime groups is 1. The summed E-state index contributed by atoms with van der Waals surface area (Å²) < 4.78 is 0. The summed E-state index contributed by atoms with van der Waals surface area (Å²) in [6, 6.07) is 5.41. The van der Waals surface area contributed by atoms with E-state index in [2.05, 4.69) is 10.5 Å². The van der Waals surface area contributed by atoms with E-state index in [4.69, 9.17) is 10.9 Å². The first-order valence-corrected chi connectivity index (χ1v) is 6.36. The van der Waals surface area contributed by atoms with Crippen molar-refractivity contribution in [3.63, 3.8) is 0 Å². The molecule has 0 aromatic heterocycles. The number of anilines is 1. The Hall–Kier alpha value is -2.04. The van der Waals surface area contributed by atoms with Crippen molar-refractivity contribution in [2.45, 2.75) is 33.6 Å². The first-order valence-electron chi connectivity index (χ1n) is 6.36. The van der Waals surface area contributed by atoms with E-state index in [0.29, 0.717) is 23.6 Å². The maximum absolute atomic E-state index is 11.9. The molecule has 1 aromatic carbocycles. The fraction of sp³-hybridized carbons (Fsp3) is 0.429. The standard InChI is InChI=1S/C14H21N3O2/c1-4-9(2)8-12(18)16-11-7-5-6-10(3)13(11)14(15)17-19/h5-7,9,19H,4,8H2,1-3H3,(H2,15,17)(H,16,18). The number of nitrogens with zero attached hydrogens (tertiary/aromatic N) is 1. The molecule has 19 heavy (non-hydrogen) atoms. The lowest BCUT2D eigenvalue weighted by molar-refractivity contribution is -0.117. The molecule has 4 N–H and O–H groups in total. The summed E-state index contributed by atoms with van der Waals surface area (Å²) in [6.07, 6.45) is 1.41. The first-order chi connectivity index (χ1) is 8.99. The number of nitrogens with two attached hydrogens (primary N) is 1. The van der Waals surface area contributed by atoms with E-state index in [1.54, 1.807) is 6.07 Å². The molecule has 1 rings (SSSR count). The van der Waals surface area contributed by atoms with Gasteiger partial charge >= 0.3 is 0 Å². The Kier molecular flexibility index (Phi) is 5.36. The fourth-order valence-electron chi connectivity index (χ4n) is 1.82. The van der Waals surface area contributed by atoms with Crippen LogP contribution in [0.25, 0.3) is 0 Å². The number of hydrogen-bond donors (Lipinski definition) is 3. The van der Waals surface area contributed by atoms with Crippen LogP contribution in [0.15, 0.2) is 23.4 Å². The lowest BCUT2D eigenvalue weighted by Crippen LogP contribution is -2.21. The number of amidine groups is 1. The van der Waals surface area contributed by atoms with Crippen molar-refractivity contribution in [2.24, 2.45) is 16.8 Å². The Morgan fingerprint density at radius 2 is 2.21 bits per heavy atom. The fourth-order valence-corrected chi connectivity index (χ4v) is 1.82. The third-order valence-corrected chi connectivity index (χ3v) is 3.14. The van der Waals surface area contributed by atoms with Gasteiger partial charge in [0.15, 0.2) is 5.84 Å². The Morgan fingerprint density at radius 3 is 2.79 bits per heavy atom. The molecule has 1 unspecified atom stereocenters. The third-order valence-electron chi connectivity index (χ3n) is 3.14. The number of nitrogens with one attached hydrogen (secondary N) is 1. The number of hydrogen-bond acceptors (Lipinski definition) is 3. The van der Waals surface area contributed by atoms with Crippen LogP contribution in [0.3, 0.4) is 0 Å². The average molecular weight is 263 g/mol. The van der Waals surface area contributed by atoms with Gasteiger partial charge in [-0.3, -0.25) is 4.79 Å². The third kappa shape index (κ3) is 3.98. The predicted molar refractivity (Wildman–Crippen MR) is 76.4 cm³/mol. The molecule has 5 heteroatoms. The second kappa shape index (κ2) is 6.78. The van der Waals surface area contributed by atoms with Crippen LogP contribution >= 0.6 is 0 Å². The molecule has 0 saturated heterocycles. The zero-order valence-corrected chi connectivity index (χ0v) is 11.6. The topological polar surface area (TPSA) is 87.7 Å². The second-order valence-corrected chi connectivity index (χ2v) is 4.75. The molecule has 0 spiro atoms. The average Bonchev–Trinajstić information content (AvgIpc) is 2.37. The molecule has 0 bridgehead atoms. The SMILES string of the molecule is CCC(C)CC(=O)Nc1cccc(C)c1/C(N)=N/O. The molecule has 0 aliphatic rings. The van der Waals surface area contributed by atoms with Crippen molar-refractivity contribution in [3.05, 3.63) is 29.3 Å². The summed E-state index contributed by atoms with van der Waals surface area (Å²) in [5.74, 6) is 0.265. The number of carbonyl (C=O) groups excluding carboxylic acids is 1. The molecule has 0 fully saturated rings. The van der Waals surface area contributed by atoms with Gasteiger partial charge in [0.2, 0.25) is 5.91 Å². The second-order valence-electron chi connectivity index (χ2n) is 4.75. The van der Waals surface area contributed by atoms with E-state index in [-0.39, 0.29) is 11.7 Å². The monoisotopic (exact) mass is 263 g/mol. The van der Waals surface area contributed by atoms with E-state index in [1.165, 1.54) is 0 Å². The van der Waals surface area contributed by atoms with Crippen molar-refractivity contribution < 1.29 is 10.0 Å². The number of rotatable bonds is 5. The van der Waals surface area contributed by atoms with E-state index < -0.39 is 0 Å². The van der Waals surface area contributed by atoms with E-state index in [1.807, 2.05) is 32.9 Å². The Bertz CT molecular complexity index is 484. The van der Waals surface area contributed by atoms with Crippen molar-refractivity contribution >= 4 is 17.4 Å². The minimum absolute atomic E-state index is 0.00283. The van der Waals surface area contributed by atoms with Crippen LogP contribution < -0.4 is 11.1 Å². The minimum atomic E-state index is -0.0630. The van der Waals surface area contributed by atoms with Crippen LogP contribution in [-0.2, 0) is 4.79 Å². The van der Waals surface area contributed by atoms with Crippen molar-refractivity contribution in [3.8, 4) is 0 Å². The first kappa shape index (κ1) is 15.0. The van der Waals surface area contributed by atoms with Gasteiger partial charge in [0, 0.05) is 12.0 Å². The smallest absolute Gasteiger partial charge is 0.224 e. The van der Waals surface area contributed by atoms with E-state index in [0.717, 1.165) is 12.0 Å². The van der Waals surface area contributed by atoms with Gasteiger partial charge in [0.05, 0.1) is 5.69 Å². The molecule has 0 aliphatic heterocycles. The molecule has 1 aromatic rings. The lowest BCUT2D eigenvalue weighted by Gasteiger charge is -2.14. The zero-order chi connectivity index (χ0) is 14.4. The Morgan fingerprint density at radius 1 is 1.53 bits per heavy atom. The van der Waals surface area contributed by atoms with Crippen molar-refractivity contribution in [2.75, 3.05) is 5.32 Å². The summed E-state index contributed by atoms with van der Waals surface area (Å²) in [5.41, 5.74) is 7.62. The molecular formula is C14H21N3O2. The highest BCUT2D eigenvalue weighted by atomic mass is 16.4. The van der Waals surface area contributed by atoms with Crippen LogP contribution in [0.5, 0.6) is 0 Å². The minimum Gasteiger partial charge on any atom is -0.409 e. The molecule has 0 heterocycles. The van der Waals surface area contributed by atoms with Gasteiger partial charge in [0.25, 0.3) is 0 Å². The summed E-state index contributed by atoms with van der Waals surface area (Å²) >= 11 is 0. The van der Waals surface area contributed by atoms with Gasteiger partial charge in [-0.05, 0) is 24.5 Å². The van der Waals surface area contributed by atoms with Gasteiger partial charge in [0.1, 0.15) is 0 Å². The summed E-state index contributed by atoms with van der Waals surface area (Å²) in [7, 11) is 0. The maximum atomic E-state index is 11.9. The Labute approximate surface area is 113 Å². The predicted octanol–water partition coefficient (Wildman–Crippen LogP) is 2.46.